The minimum absolute atomic E-state index is 0.00388. The Morgan fingerprint density at radius 2 is 2.10 bits per heavy atom. The van der Waals surface area contributed by atoms with Crippen molar-refractivity contribution in [2.24, 2.45) is 5.41 Å². The molecule has 1 aliphatic rings. The van der Waals surface area contributed by atoms with E-state index in [0.29, 0.717) is 17.8 Å². The van der Waals surface area contributed by atoms with Gasteiger partial charge < -0.3 is 14.6 Å². The van der Waals surface area contributed by atoms with Crippen molar-refractivity contribution in [1.82, 2.24) is 24.7 Å². The highest BCUT2D eigenvalue weighted by molar-refractivity contribution is 5.66. The van der Waals surface area contributed by atoms with E-state index in [9.17, 15) is 9.50 Å². The summed E-state index contributed by atoms with van der Waals surface area (Å²) in [6.07, 6.45) is 5.18. The van der Waals surface area contributed by atoms with Crippen LogP contribution in [0.25, 0.3) is 17.1 Å². The van der Waals surface area contributed by atoms with Crippen molar-refractivity contribution in [3.8, 4) is 22.8 Å². The number of aromatic nitrogens is 5. The van der Waals surface area contributed by atoms with E-state index >= 15 is 4.39 Å². The van der Waals surface area contributed by atoms with Crippen molar-refractivity contribution in [1.29, 1.82) is 0 Å². The van der Waals surface area contributed by atoms with Crippen LogP contribution in [0, 0.1) is 5.41 Å². The van der Waals surface area contributed by atoms with Crippen LogP contribution in [0.4, 0.5) is 14.6 Å². The third-order valence-corrected chi connectivity index (χ3v) is 6.43. The van der Waals surface area contributed by atoms with Crippen molar-refractivity contribution in [2.75, 3.05) is 11.9 Å². The molecule has 0 unspecified atom stereocenters. The topological polar surface area (TPSA) is 80.0 Å². The first-order chi connectivity index (χ1) is 14.8. The fourth-order valence-electron chi connectivity index (χ4n) is 4.25. The number of phenolic OH excluding ortho intramolecular Hbond substituents is 1. The smallest absolute Gasteiger partial charge is 0.185 e. The Balaban J connectivity index is 1.55. The van der Waals surface area contributed by atoms with Crippen LogP contribution in [0.1, 0.15) is 33.1 Å². The third-order valence-electron chi connectivity index (χ3n) is 6.43. The molecule has 1 aromatic carbocycles. The summed E-state index contributed by atoms with van der Waals surface area (Å²) in [7, 11) is 1.69. The number of phenols is 1. The number of hydrogen-bond acceptors (Lipinski definition) is 6. The molecule has 0 radical (unpaired) electrons. The van der Waals surface area contributed by atoms with E-state index in [2.05, 4.69) is 20.2 Å². The molecule has 9 heteroatoms. The van der Waals surface area contributed by atoms with Gasteiger partial charge >= 0.3 is 0 Å². The maximum atomic E-state index is 15.2. The van der Waals surface area contributed by atoms with Crippen LogP contribution in [-0.2, 0) is 0 Å². The number of hydrogen-bond donors (Lipinski definition) is 1. The van der Waals surface area contributed by atoms with Crippen LogP contribution in [0.2, 0.25) is 0 Å². The first kappa shape index (κ1) is 21.1. The predicted molar refractivity (Wildman–Crippen MR) is 114 cm³/mol. The highest BCUT2D eigenvalue weighted by Crippen LogP contribution is 2.44. The predicted octanol–water partition coefficient (Wildman–Crippen LogP) is 4.12. The summed E-state index contributed by atoms with van der Waals surface area (Å²) in [5.74, 6) is 0.608. The number of rotatable bonds is 5. The van der Waals surface area contributed by atoms with Gasteiger partial charge in [-0.05, 0) is 25.0 Å². The van der Waals surface area contributed by atoms with Gasteiger partial charge in [-0.25, -0.2) is 18.7 Å². The molecule has 1 aliphatic carbocycles. The molecule has 7 nitrogen and oxygen atoms in total. The number of halogens is 2. The average Bonchev–Trinajstić information content (AvgIpc) is 3.31. The lowest BCUT2D eigenvalue weighted by Gasteiger charge is -2.45. The van der Waals surface area contributed by atoms with E-state index in [-0.39, 0.29) is 24.4 Å². The van der Waals surface area contributed by atoms with Gasteiger partial charge in [-0.1, -0.05) is 13.8 Å². The zero-order valence-electron chi connectivity index (χ0n) is 17.8. The normalized spacial score (nSPS) is 26.0. The second-order valence-corrected chi connectivity index (χ2v) is 8.44. The van der Waals surface area contributed by atoms with Crippen LogP contribution >= 0.6 is 0 Å². The quantitative estimate of drug-likeness (QED) is 0.659. The molecule has 4 rings (SSSR count). The molecule has 1 N–H and O–H groups in total. The summed E-state index contributed by atoms with van der Waals surface area (Å²) in [5, 5.41) is 18.7. The number of aromatic hydroxyl groups is 1. The second-order valence-electron chi connectivity index (χ2n) is 8.44. The molecule has 1 fully saturated rings. The van der Waals surface area contributed by atoms with Crippen LogP contribution in [-0.4, -0.2) is 55.3 Å². The molecule has 0 amide bonds. The summed E-state index contributed by atoms with van der Waals surface area (Å²) < 4.78 is 31.4. The van der Waals surface area contributed by atoms with Gasteiger partial charge in [0.1, 0.15) is 18.1 Å². The maximum absolute atomic E-state index is 15.2. The molecule has 3 aromatic rings. The lowest BCUT2D eigenvalue weighted by Crippen LogP contribution is -2.53. The van der Waals surface area contributed by atoms with Crippen molar-refractivity contribution in [3.63, 3.8) is 0 Å². The van der Waals surface area contributed by atoms with Crippen molar-refractivity contribution in [3.05, 3.63) is 43.1 Å². The fraction of sp³-hybridized carbons (Fsp3) is 0.455. The molecule has 0 saturated heterocycles. The SMILES string of the molecule is CC[C@@]1(C)C[C@H](F)C[C@@H](N(C)c2cnc(-c3ccc(-n4ccnc4)cc3O)nn2)[C@@H]1F. The summed E-state index contributed by atoms with van der Waals surface area (Å²) in [4.78, 5) is 9.92. The molecule has 0 spiro atoms. The van der Waals surface area contributed by atoms with Crippen molar-refractivity contribution < 1.29 is 13.9 Å². The van der Waals surface area contributed by atoms with Crippen LogP contribution in [0.3, 0.4) is 0 Å². The molecule has 0 aliphatic heterocycles. The minimum atomic E-state index is -1.18. The van der Waals surface area contributed by atoms with Crippen LogP contribution < -0.4 is 4.90 Å². The Bertz CT molecular complexity index is 1030. The van der Waals surface area contributed by atoms with E-state index in [0.717, 1.165) is 5.69 Å². The molecule has 31 heavy (non-hydrogen) atoms. The number of nitrogens with zero attached hydrogens (tertiary/aromatic N) is 6. The van der Waals surface area contributed by atoms with Gasteiger partial charge in [-0.15, -0.1) is 10.2 Å². The summed E-state index contributed by atoms with van der Waals surface area (Å²) in [6.45, 7) is 3.69. The molecule has 2 heterocycles. The monoisotopic (exact) mass is 428 g/mol. The Labute approximate surface area is 179 Å². The van der Waals surface area contributed by atoms with Gasteiger partial charge in [0, 0.05) is 37.3 Å². The number of benzene rings is 1. The molecule has 1 saturated carbocycles. The molecule has 0 bridgehead atoms. The second kappa shape index (κ2) is 8.20. The Kier molecular flexibility index (Phi) is 5.60. The zero-order chi connectivity index (χ0) is 22.2. The highest BCUT2D eigenvalue weighted by atomic mass is 19.1. The third kappa shape index (κ3) is 3.96. The molecule has 4 atom stereocenters. The Hall–Kier alpha value is -3.10. The van der Waals surface area contributed by atoms with E-state index in [1.807, 2.05) is 13.0 Å². The van der Waals surface area contributed by atoms with Crippen molar-refractivity contribution >= 4 is 5.82 Å². The van der Waals surface area contributed by atoms with Gasteiger partial charge in [0.15, 0.2) is 11.6 Å². The van der Waals surface area contributed by atoms with Gasteiger partial charge in [-0.3, -0.25) is 0 Å². The number of alkyl halides is 2. The van der Waals surface area contributed by atoms with Gasteiger partial charge in [-0.2, -0.15) is 0 Å². The first-order valence-electron chi connectivity index (χ1n) is 10.3. The lowest BCUT2D eigenvalue weighted by molar-refractivity contribution is 0.00872. The Morgan fingerprint density at radius 1 is 1.29 bits per heavy atom. The summed E-state index contributed by atoms with van der Waals surface area (Å²) >= 11 is 0. The van der Waals surface area contributed by atoms with Gasteiger partial charge in [0.05, 0.1) is 29.8 Å². The van der Waals surface area contributed by atoms with E-state index in [4.69, 9.17) is 0 Å². The molecule has 164 valence electrons. The lowest BCUT2D eigenvalue weighted by atomic mass is 9.69. The van der Waals surface area contributed by atoms with Gasteiger partial charge in [0.2, 0.25) is 0 Å². The van der Waals surface area contributed by atoms with Gasteiger partial charge in [0.25, 0.3) is 0 Å². The van der Waals surface area contributed by atoms with Crippen LogP contribution in [0.15, 0.2) is 43.1 Å². The fourth-order valence-corrected chi connectivity index (χ4v) is 4.25. The molecule has 2 aromatic heterocycles. The Morgan fingerprint density at radius 3 is 2.71 bits per heavy atom. The largest absolute Gasteiger partial charge is 0.507 e. The maximum Gasteiger partial charge on any atom is 0.185 e. The highest BCUT2D eigenvalue weighted by Gasteiger charge is 2.47. The zero-order valence-corrected chi connectivity index (χ0v) is 17.8. The van der Waals surface area contributed by atoms with E-state index < -0.39 is 23.8 Å². The molecular formula is C22H26F2N6O. The number of anilines is 1. The standard InChI is InChI=1S/C22H26F2N6O/c1-4-22(2)11-14(23)9-17(20(22)24)29(3)19-12-26-21(28-27-19)16-6-5-15(10-18(16)31)30-8-7-25-13-30/h5-8,10,12-14,17,20,31H,4,9,11H2,1-3H3/t14-,17-,20+,22+/m1/s1. The number of imidazole rings is 1. The van der Waals surface area contributed by atoms with Crippen molar-refractivity contribution in [2.45, 2.75) is 51.5 Å². The average molecular weight is 428 g/mol. The summed E-state index contributed by atoms with van der Waals surface area (Å²) in [6, 6.07) is 4.45. The van der Waals surface area contributed by atoms with Crippen LogP contribution in [0.5, 0.6) is 5.75 Å². The molecular weight excluding hydrogens is 402 g/mol. The minimum Gasteiger partial charge on any atom is -0.507 e. The van der Waals surface area contributed by atoms with E-state index in [1.165, 1.54) is 6.20 Å². The summed E-state index contributed by atoms with van der Waals surface area (Å²) in [5.41, 5.74) is 0.461. The first-order valence-corrected chi connectivity index (χ1v) is 10.3. The van der Waals surface area contributed by atoms with E-state index in [1.54, 1.807) is 54.3 Å².